The molecule has 128 valence electrons. The summed E-state index contributed by atoms with van der Waals surface area (Å²) in [6.07, 6.45) is 5.72. The second kappa shape index (κ2) is 12.4. The van der Waals surface area contributed by atoms with Crippen LogP contribution in [0.1, 0.15) is 44.9 Å². The van der Waals surface area contributed by atoms with E-state index in [9.17, 15) is 15.3 Å². The van der Waals surface area contributed by atoms with Crippen LogP contribution in [0.5, 0.6) is 0 Å². The molecule has 0 aromatic rings. The minimum atomic E-state index is -0.565. The third kappa shape index (κ3) is 6.15. The van der Waals surface area contributed by atoms with Crippen molar-refractivity contribution in [3.63, 3.8) is 0 Å². The van der Waals surface area contributed by atoms with Crippen LogP contribution < -0.4 is 0 Å². The van der Waals surface area contributed by atoms with Gasteiger partial charge >= 0.3 is 0 Å². The lowest BCUT2D eigenvalue weighted by Gasteiger charge is -2.50. The van der Waals surface area contributed by atoms with E-state index in [1.54, 1.807) is 0 Å². The predicted molar refractivity (Wildman–Crippen MR) is 100 cm³/mol. The fraction of sp³-hybridized carbons (Fsp3) is 1.00. The van der Waals surface area contributed by atoms with Gasteiger partial charge in [0.25, 0.3) is 0 Å². The van der Waals surface area contributed by atoms with Crippen LogP contribution in [0.4, 0.5) is 0 Å². The summed E-state index contributed by atoms with van der Waals surface area (Å²) < 4.78 is 0. The van der Waals surface area contributed by atoms with E-state index in [4.69, 9.17) is 0 Å². The van der Waals surface area contributed by atoms with Crippen LogP contribution in [0.2, 0.25) is 0 Å². The maximum Gasteiger partial charge on any atom is 0.0514 e. The summed E-state index contributed by atoms with van der Waals surface area (Å²) in [7, 11) is 0. The van der Waals surface area contributed by atoms with Gasteiger partial charge in [0.05, 0.1) is 13.2 Å². The molecule has 21 heavy (non-hydrogen) atoms. The maximum atomic E-state index is 10.1. The number of aliphatic hydroxyl groups is 3. The third-order valence-electron chi connectivity index (χ3n) is 4.76. The average Bonchev–Trinajstić information content (AvgIpc) is 2.52. The molecule has 0 atom stereocenters. The standard InChI is InChI=1S/C15H32O3S3/c16-8-7-14(4-1-9-19,5-2-10-20)15(12-17,13-18)6-3-11-21/h16-21H,1-13H2. The summed E-state index contributed by atoms with van der Waals surface area (Å²) >= 11 is 12.9. The van der Waals surface area contributed by atoms with E-state index in [1.165, 1.54) is 0 Å². The van der Waals surface area contributed by atoms with Crippen molar-refractivity contribution in [1.82, 2.24) is 0 Å². The van der Waals surface area contributed by atoms with Gasteiger partial charge in [-0.1, -0.05) is 0 Å². The van der Waals surface area contributed by atoms with Gasteiger partial charge < -0.3 is 15.3 Å². The Hall–Kier alpha value is 0.930. The maximum absolute atomic E-state index is 10.1. The lowest BCUT2D eigenvalue weighted by atomic mass is 9.56. The SMILES string of the molecule is OCCC(CCCS)(CCCS)C(CO)(CO)CCCS. The van der Waals surface area contributed by atoms with E-state index in [2.05, 4.69) is 37.9 Å². The van der Waals surface area contributed by atoms with Crippen LogP contribution in [0.25, 0.3) is 0 Å². The molecule has 0 rings (SSSR count). The number of thiol groups is 3. The molecule has 0 aromatic carbocycles. The van der Waals surface area contributed by atoms with Crippen molar-refractivity contribution < 1.29 is 15.3 Å². The average molecular weight is 357 g/mol. The van der Waals surface area contributed by atoms with Crippen molar-refractivity contribution in [3.8, 4) is 0 Å². The molecule has 0 spiro atoms. The van der Waals surface area contributed by atoms with Gasteiger partial charge in [-0.25, -0.2) is 0 Å². The monoisotopic (exact) mass is 356 g/mol. The molecule has 0 heterocycles. The molecule has 0 aliphatic rings. The third-order valence-corrected chi connectivity index (χ3v) is 5.71. The fourth-order valence-electron chi connectivity index (χ4n) is 3.45. The van der Waals surface area contributed by atoms with Crippen LogP contribution in [0, 0.1) is 10.8 Å². The lowest BCUT2D eigenvalue weighted by Crippen LogP contribution is -2.48. The first-order valence-corrected chi connectivity index (χ1v) is 9.67. The van der Waals surface area contributed by atoms with Gasteiger partial charge in [-0.3, -0.25) is 0 Å². The summed E-state index contributed by atoms with van der Waals surface area (Å²) in [6, 6.07) is 0. The molecule has 0 saturated carbocycles. The van der Waals surface area contributed by atoms with Crippen molar-refractivity contribution in [3.05, 3.63) is 0 Å². The minimum absolute atomic E-state index is 0.0591. The molecule has 0 aliphatic heterocycles. The summed E-state index contributed by atoms with van der Waals surface area (Å²) in [5.74, 6) is 2.28. The molecule has 3 N–H and O–H groups in total. The quantitative estimate of drug-likeness (QED) is 0.271. The zero-order chi connectivity index (χ0) is 16.2. The van der Waals surface area contributed by atoms with E-state index in [0.717, 1.165) is 55.8 Å². The van der Waals surface area contributed by atoms with Crippen molar-refractivity contribution in [1.29, 1.82) is 0 Å². The highest BCUT2D eigenvalue weighted by Crippen LogP contribution is 2.52. The Morgan fingerprint density at radius 3 is 1.24 bits per heavy atom. The highest BCUT2D eigenvalue weighted by Gasteiger charge is 2.48. The summed E-state index contributed by atoms with van der Waals surface area (Å²) in [4.78, 5) is 0. The van der Waals surface area contributed by atoms with Gasteiger partial charge in [-0.05, 0) is 67.6 Å². The second-order valence-electron chi connectivity index (χ2n) is 5.83. The first-order chi connectivity index (χ1) is 10.1. The van der Waals surface area contributed by atoms with Crippen LogP contribution in [0.3, 0.4) is 0 Å². The van der Waals surface area contributed by atoms with E-state index >= 15 is 0 Å². The molecule has 3 nitrogen and oxygen atoms in total. The summed E-state index contributed by atoms with van der Waals surface area (Å²) in [6.45, 7) is -0.0470. The van der Waals surface area contributed by atoms with Crippen LogP contribution in [-0.2, 0) is 0 Å². The molecule has 0 radical (unpaired) electrons. The Balaban J connectivity index is 5.47. The molecular formula is C15H32O3S3. The number of aliphatic hydroxyl groups excluding tert-OH is 3. The molecule has 0 fully saturated rings. The van der Waals surface area contributed by atoms with Gasteiger partial charge in [-0.15, -0.1) is 0 Å². The van der Waals surface area contributed by atoms with E-state index in [1.807, 2.05) is 0 Å². The van der Waals surface area contributed by atoms with Crippen molar-refractivity contribution >= 4 is 37.9 Å². The largest absolute Gasteiger partial charge is 0.396 e. The number of rotatable bonds is 14. The van der Waals surface area contributed by atoms with Gasteiger partial charge in [0, 0.05) is 12.0 Å². The van der Waals surface area contributed by atoms with E-state index in [0.29, 0.717) is 6.42 Å². The van der Waals surface area contributed by atoms with Crippen LogP contribution in [-0.4, -0.2) is 52.4 Å². The normalized spacial score (nSPS) is 12.9. The number of hydrogen-bond acceptors (Lipinski definition) is 6. The zero-order valence-corrected chi connectivity index (χ0v) is 15.6. The topological polar surface area (TPSA) is 60.7 Å². The minimum Gasteiger partial charge on any atom is -0.396 e. The van der Waals surface area contributed by atoms with E-state index < -0.39 is 5.41 Å². The van der Waals surface area contributed by atoms with Gasteiger partial charge in [0.15, 0.2) is 0 Å². The van der Waals surface area contributed by atoms with Gasteiger partial charge in [0.2, 0.25) is 0 Å². The second-order valence-corrected chi connectivity index (χ2v) is 7.17. The Morgan fingerprint density at radius 1 is 0.571 bits per heavy atom. The van der Waals surface area contributed by atoms with E-state index in [-0.39, 0.29) is 25.2 Å². The molecule has 0 aromatic heterocycles. The molecule has 6 heteroatoms. The van der Waals surface area contributed by atoms with Crippen molar-refractivity contribution in [2.45, 2.75) is 44.9 Å². The van der Waals surface area contributed by atoms with Crippen molar-refractivity contribution in [2.75, 3.05) is 37.1 Å². The van der Waals surface area contributed by atoms with Crippen LogP contribution in [0.15, 0.2) is 0 Å². The first-order valence-electron chi connectivity index (χ1n) is 7.77. The smallest absolute Gasteiger partial charge is 0.0514 e. The fourth-order valence-corrected chi connectivity index (χ4v) is 3.92. The number of hydrogen-bond donors (Lipinski definition) is 6. The Bertz CT molecular complexity index is 240. The molecule has 0 amide bonds. The summed E-state index contributed by atoms with van der Waals surface area (Å²) in [5, 5.41) is 29.7. The van der Waals surface area contributed by atoms with Crippen molar-refractivity contribution in [2.24, 2.45) is 10.8 Å². The Kier molecular flexibility index (Phi) is 12.9. The predicted octanol–water partition coefficient (Wildman–Crippen LogP) is 2.46. The highest BCUT2D eigenvalue weighted by molar-refractivity contribution is 7.80. The lowest BCUT2D eigenvalue weighted by molar-refractivity contribution is -0.0886. The Labute approximate surface area is 146 Å². The molecule has 0 saturated heterocycles. The van der Waals surface area contributed by atoms with Gasteiger partial charge in [0.1, 0.15) is 0 Å². The van der Waals surface area contributed by atoms with Crippen LogP contribution >= 0.6 is 37.9 Å². The molecule has 0 bridgehead atoms. The molecule has 0 aliphatic carbocycles. The Morgan fingerprint density at radius 2 is 0.952 bits per heavy atom. The molecule has 0 unspecified atom stereocenters. The zero-order valence-electron chi connectivity index (χ0n) is 12.9. The summed E-state index contributed by atoms with van der Waals surface area (Å²) in [5.41, 5.74) is -0.829. The highest BCUT2D eigenvalue weighted by atomic mass is 32.1. The first kappa shape index (κ1) is 21.9. The molecular weight excluding hydrogens is 324 g/mol. The van der Waals surface area contributed by atoms with Gasteiger partial charge in [-0.2, -0.15) is 37.9 Å².